The van der Waals surface area contributed by atoms with Gasteiger partial charge in [-0.3, -0.25) is 0 Å². The summed E-state index contributed by atoms with van der Waals surface area (Å²) >= 11 is 0. The van der Waals surface area contributed by atoms with Crippen molar-refractivity contribution in [3.05, 3.63) is 0 Å². The van der Waals surface area contributed by atoms with Crippen molar-refractivity contribution in [1.82, 2.24) is 0 Å². The Labute approximate surface area is 222 Å². The van der Waals surface area contributed by atoms with E-state index < -0.39 is 98.5 Å². The van der Waals surface area contributed by atoms with Crippen molar-refractivity contribution in [2.45, 2.75) is 124 Å². The van der Waals surface area contributed by atoms with E-state index in [0.29, 0.717) is 0 Å². The highest BCUT2D eigenvalue weighted by Gasteiger charge is 2.80. The summed E-state index contributed by atoms with van der Waals surface area (Å²) < 4.78 is 234. The molecule has 0 radical (unpaired) electrons. The third kappa shape index (κ3) is 9.37. The second-order valence-electron chi connectivity index (χ2n) is 10.2. The van der Waals surface area contributed by atoms with Crippen LogP contribution in [0.3, 0.4) is 0 Å². The maximum Gasteiger partial charge on any atom is 0.427 e. The molecule has 2 rings (SSSR count). The molecule has 2 saturated heterocycles. The molecule has 4 atom stereocenters. The van der Waals surface area contributed by atoms with Crippen LogP contribution in [-0.4, -0.2) is 73.2 Å². The van der Waals surface area contributed by atoms with E-state index in [1.807, 2.05) is 0 Å². The highest BCUT2D eigenvalue weighted by molar-refractivity contribution is 5.04. The van der Waals surface area contributed by atoms with E-state index in [9.17, 15) is 70.2 Å². The molecule has 0 spiro atoms. The molecule has 0 amide bonds. The van der Waals surface area contributed by atoms with Crippen LogP contribution in [-0.2, 0) is 14.2 Å². The van der Waals surface area contributed by atoms with Crippen LogP contribution >= 0.6 is 0 Å². The third-order valence-electron chi connectivity index (χ3n) is 6.58. The van der Waals surface area contributed by atoms with Crippen LogP contribution in [0.4, 0.5) is 70.2 Å². The topological polar surface area (TPSA) is 34.3 Å². The molecule has 2 heterocycles. The van der Waals surface area contributed by atoms with Crippen LogP contribution in [0.15, 0.2) is 0 Å². The lowest BCUT2D eigenvalue weighted by Gasteiger charge is -2.42. The number of hydrogen-bond acceptors (Lipinski definition) is 3. The Morgan fingerprint density at radius 3 is 1.02 bits per heavy atom. The second kappa shape index (κ2) is 12.0. The molecule has 0 aliphatic carbocycles. The van der Waals surface area contributed by atoms with E-state index in [1.54, 1.807) is 0 Å². The van der Waals surface area contributed by atoms with Crippen LogP contribution in [0.5, 0.6) is 0 Å². The third-order valence-corrected chi connectivity index (χ3v) is 6.58. The molecule has 4 unspecified atom stereocenters. The highest BCUT2D eigenvalue weighted by Crippen LogP contribution is 2.57. The number of halogens is 16. The zero-order chi connectivity index (χ0) is 31.8. The molecule has 0 aromatic rings. The number of alkyl halides is 16. The van der Waals surface area contributed by atoms with Gasteiger partial charge < -0.3 is 9.47 Å². The number of ether oxygens (including phenoxy) is 3. The molecule has 19 heteroatoms. The molecular weight excluding hydrogens is 616 g/mol. The minimum Gasteiger partial charge on any atom is -0.373 e. The van der Waals surface area contributed by atoms with Crippen LogP contribution in [0.25, 0.3) is 0 Å². The van der Waals surface area contributed by atoms with Gasteiger partial charge in [0.25, 0.3) is 0 Å². The van der Waals surface area contributed by atoms with E-state index in [2.05, 4.69) is 4.74 Å². The lowest BCUT2D eigenvalue weighted by molar-refractivity contribution is -0.492. The van der Waals surface area contributed by atoms with E-state index in [4.69, 9.17) is 9.47 Å². The largest absolute Gasteiger partial charge is 0.427 e. The average molecular weight is 642 g/mol. The van der Waals surface area contributed by atoms with Crippen molar-refractivity contribution in [3.63, 3.8) is 0 Å². The monoisotopic (exact) mass is 642 g/mol. The summed E-state index contributed by atoms with van der Waals surface area (Å²) in [6.45, 7) is 0.349. The summed E-state index contributed by atoms with van der Waals surface area (Å²) in [5.41, 5.74) is -10.8. The summed E-state index contributed by atoms with van der Waals surface area (Å²) in [7, 11) is 0. The van der Waals surface area contributed by atoms with E-state index in [0.717, 1.165) is 0 Å². The molecule has 41 heavy (non-hydrogen) atoms. The SMILES string of the molecule is FC(F)(F)CC(F)(CCCCC1CO1)C(F)(F)C(F)(F)OC(F)(F)C(F)(F)C(F)(CCCCC1CO1)CC(F)(F)F. The molecule has 2 aliphatic heterocycles. The minimum absolute atomic E-state index is 0.0175. The number of unbranched alkanes of at least 4 members (excludes halogenated alkanes) is 2. The van der Waals surface area contributed by atoms with Crippen LogP contribution in [0, 0.1) is 0 Å². The Morgan fingerprint density at radius 1 is 0.488 bits per heavy atom. The van der Waals surface area contributed by atoms with Gasteiger partial charge in [0.2, 0.25) is 0 Å². The first-order chi connectivity index (χ1) is 18.3. The second-order valence-corrected chi connectivity index (χ2v) is 10.2. The van der Waals surface area contributed by atoms with Gasteiger partial charge in [0, 0.05) is 0 Å². The van der Waals surface area contributed by atoms with Gasteiger partial charge in [0.15, 0.2) is 11.3 Å². The van der Waals surface area contributed by atoms with Crippen molar-refractivity contribution in [3.8, 4) is 0 Å². The molecule has 2 aliphatic rings. The summed E-state index contributed by atoms with van der Waals surface area (Å²) in [6, 6.07) is 0. The summed E-state index contributed by atoms with van der Waals surface area (Å²) in [6.07, 6.45) is -40.6. The van der Waals surface area contributed by atoms with Gasteiger partial charge in [-0.25, -0.2) is 13.5 Å². The Balaban J connectivity index is 2.31. The Morgan fingerprint density at radius 2 is 0.780 bits per heavy atom. The van der Waals surface area contributed by atoms with Gasteiger partial charge in [-0.15, -0.1) is 0 Å². The van der Waals surface area contributed by atoms with E-state index in [-0.39, 0.29) is 38.9 Å². The molecule has 2 fully saturated rings. The lowest BCUT2D eigenvalue weighted by atomic mass is 9.85. The average Bonchev–Trinajstić information content (AvgIpc) is 3.66. The molecule has 0 N–H and O–H groups in total. The Hall–Kier alpha value is -1.24. The van der Waals surface area contributed by atoms with Gasteiger partial charge >= 0.3 is 36.4 Å². The molecular formula is C22H26F16O3. The standard InChI is InChI=1S/C22H26F16O3/c23-15(11-17(25,26)27,7-3-1-5-13-9-39-13)19(31,32)21(35,36)41-22(37,38)20(33,34)16(24,12-18(28,29)30)8-4-2-6-14-10-40-14/h13-14H,1-12H2. The summed E-state index contributed by atoms with van der Waals surface area (Å²) in [5.74, 6) is -13.8. The van der Waals surface area contributed by atoms with Crippen LogP contribution in [0.1, 0.15) is 64.2 Å². The zero-order valence-electron chi connectivity index (χ0n) is 20.9. The quantitative estimate of drug-likeness (QED) is 0.0853. The maximum absolute atomic E-state index is 15.0. The Bertz CT molecular complexity index is 785. The van der Waals surface area contributed by atoms with Gasteiger partial charge in [-0.2, -0.15) is 61.5 Å². The zero-order valence-corrected chi connectivity index (χ0v) is 20.9. The summed E-state index contributed by atoms with van der Waals surface area (Å²) in [5, 5.41) is 0. The van der Waals surface area contributed by atoms with Crippen molar-refractivity contribution in [2.75, 3.05) is 13.2 Å². The van der Waals surface area contributed by atoms with Crippen LogP contribution in [0.2, 0.25) is 0 Å². The van der Waals surface area contributed by atoms with Crippen molar-refractivity contribution in [1.29, 1.82) is 0 Å². The molecule has 244 valence electrons. The van der Waals surface area contributed by atoms with E-state index in [1.165, 1.54) is 0 Å². The smallest absolute Gasteiger partial charge is 0.373 e. The predicted molar refractivity (Wildman–Crippen MR) is 106 cm³/mol. The van der Waals surface area contributed by atoms with Crippen molar-refractivity contribution >= 4 is 0 Å². The van der Waals surface area contributed by atoms with Crippen molar-refractivity contribution < 1.29 is 84.5 Å². The number of epoxide rings is 2. The Kier molecular flexibility index (Phi) is 10.6. The summed E-state index contributed by atoms with van der Waals surface area (Å²) in [4.78, 5) is 0. The van der Waals surface area contributed by atoms with Gasteiger partial charge in [0.05, 0.1) is 38.3 Å². The highest BCUT2D eigenvalue weighted by atomic mass is 19.4. The van der Waals surface area contributed by atoms with Gasteiger partial charge in [-0.1, -0.05) is 12.8 Å². The molecule has 0 bridgehead atoms. The van der Waals surface area contributed by atoms with Crippen molar-refractivity contribution in [2.24, 2.45) is 0 Å². The molecule has 0 saturated carbocycles. The minimum atomic E-state index is -7.19. The first-order valence-electron chi connectivity index (χ1n) is 12.2. The fraction of sp³-hybridized carbons (Fsp3) is 1.00. The molecule has 3 nitrogen and oxygen atoms in total. The fourth-order valence-electron chi connectivity index (χ4n) is 4.18. The predicted octanol–water partition coefficient (Wildman–Crippen LogP) is 8.70. The fourth-order valence-corrected chi connectivity index (χ4v) is 4.18. The molecule has 0 aromatic heterocycles. The van der Waals surface area contributed by atoms with Crippen LogP contribution < -0.4 is 0 Å². The maximum atomic E-state index is 15.0. The first-order valence-corrected chi connectivity index (χ1v) is 12.2. The van der Waals surface area contributed by atoms with Gasteiger partial charge in [0.1, 0.15) is 0 Å². The lowest BCUT2D eigenvalue weighted by Crippen LogP contribution is -2.65. The van der Waals surface area contributed by atoms with Gasteiger partial charge in [-0.05, 0) is 38.5 Å². The number of rotatable bonds is 18. The first kappa shape index (κ1) is 36.0. The van der Waals surface area contributed by atoms with E-state index >= 15 is 0 Å². The molecule has 0 aromatic carbocycles. The normalized spacial score (nSPS) is 23.7. The number of hydrogen-bond donors (Lipinski definition) is 0.